The summed E-state index contributed by atoms with van der Waals surface area (Å²) in [5.74, 6) is 0.624. The Morgan fingerprint density at radius 1 is 1.30 bits per heavy atom. The molecule has 2 atom stereocenters. The summed E-state index contributed by atoms with van der Waals surface area (Å²) in [5, 5.41) is 9.65. The Labute approximate surface area is 142 Å². The third kappa shape index (κ3) is 4.53. The maximum Gasteiger partial charge on any atom is 0.412 e. The molecule has 1 unspecified atom stereocenters. The van der Waals surface area contributed by atoms with E-state index in [1.54, 1.807) is 46.4 Å². The van der Waals surface area contributed by atoms with Crippen molar-refractivity contribution in [2.75, 3.05) is 11.5 Å². The Hall–Kier alpha value is -0.950. The molecule has 1 saturated heterocycles. The number of carbonyl (C=O) groups excluding carboxylic acids is 1. The predicted molar refractivity (Wildman–Crippen MR) is 90.7 cm³/mol. The maximum atomic E-state index is 12.7. The number of rotatable bonds is 5. The van der Waals surface area contributed by atoms with E-state index in [0.29, 0.717) is 6.42 Å². The normalized spacial score (nSPS) is 27.1. The molecule has 6 nitrogen and oxygen atoms in total. The minimum absolute atomic E-state index is 0.532. The summed E-state index contributed by atoms with van der Waals surface area (Å²) in [5.41, 5.74) is -3.15. The highest BCUT2D eigenvalue weighted by molar-refractivity contribution is 7.99. The van der Waals surface area contributed by atoms with Crippen molar-refractivity contribution in [3.8, 4) is 0 Å². The van der Waals surface area contributed by atoms with Crippen molar-refractivity contribution in [1.29, 1.82) is 0 Å². The van der Waals surface area contributed by atoms with Crippen molar-refractivity contribution in [3.05, 3.63) is 0 Å². The van der Waals surface area contributed by atoms with E-state index < -0.39 is 35.0 Å². The number of aliphatic carboxylic acids is 1. The number of hydrogen-bond donors (Lipinski definition) is 1. The molecule has 0 bridgehead atoms. The SMILES string of the molecule is CCSCC[C@H]1N(C(=O)OC(C)(C)C)C(C)(C)OC1(C)C(=O)O. The number of amides is 1. The molecule has 23 heavy (non-hydrogen) atoms. The largest absolute Gasteiger partial charge is 0.479 e. The number of carbonyl (C=O) groups is 2. The zero-order chi connectivity index (χ0) is 18.1. The quantitative estimate of drug-likeness (QED) is 0.769. The van der Waals surface area contributed by atoms with E-state index in [-0.39, 0.29) is 0 Å². The minimum Gasteiger partial charge on any atom is -0.479 e. The van der Waals surface area contributed by atoms with Crippen molar-refractivity contribution in [2.24, 2.45) is 0 Å². The Bertz CT molecular complexity index is 460. The molecular formula is C16H29NO5S. The Morgan fingerprint density at radius 3 is 2.30 bits per heavy atom. The van der Waals surface area contributed by atoms with Crippen LogP contribution < -0.4 is 0 Å². The van der Waals surface area contributed by atoms with E-state index in [9.17, 15) is 14.7 Å². The minimum atomic E-state index is -1.45. The monoisotopic (exact) mass is 347 g/mol. The predicted octanol–water partition coefficient (Wildman–Crippen LogP) is 3.34. The molecule has 0 saturated carbocycles. The van der Waals surface area contributed by atoms with Crippen molar-refractivity contribution in [2.45, 2.75) is 77.9 Å². The van der Waals surface area contributed by atoms with Crippen LogP contribution in [0.5, 0.6) is 0 Å². The summed E-state index contributed by atoms with van der Waals surface area (Å²) in [4.78, 5) is 25.9. The van der Waals surface area contributed by atoms with Crippen LogP contribution in [0.4, 0.5) is 4.79 Å². The van der Waals surface area contributed by atoms with Crippen LogP contribution in [0.15, 0.2) is 0 Å². The molecule has 1 aliphatic heterocycles. The first-order valence-corrected chi connectivity index (χ1v) is 9.04. The lowest BCUT2D eigenvalue weighted by atomic mass is 9.94. The average Bonchev–Trinajstić information content (AvgIpc) is 2.55. The van der Waals surface area contributed by atoms with Gasteiger partial charge in [-0.25, -0.2) is 9.59 Å². The molecule has 1 amide bonds. The van der Waals surface area contributed by atoms with Crippen LogP contribution in [-0.2, 0) is 14.3 Å². The van der Waals surface area contributed by atoms with E-state index in [2.05, 4.69) is 0 Å². The van der Waals surface area contributed by atoms with Gasteiger partial charge in [-0.3, -0.25) is 4.90 Å². The Morgan fingerprint density at radius 2 is 1.87 bits per heavy atom. The van der Waals surface area contributed by atoms with Crippen molar-refractivity contribution in [1.82, 2.24) is 4.90 Å². The van der Waals surface area contributed by atoms with Crippen molar-refractivity contribution >= 4 is 23.8 Å². The van der Waals surface area contributed by atoms with Crippen LogP contribution in [0, 0.1) is 0 Å². The molecule has 0 aromatic rings. The van der Waals surface area contributed by atoms with Gasteiger partial charge in [-0.1, -0.05) is 6.92 Å². The Balaban J connectivity index is 3.15. The highest BCUT2D eigenvalue weighted by Crippen LogP contribution is 2.42. The summed E-state index contributed by atoms with van der Waals surface area (Å²) in [7, 11) is 0. The third-order valence-electron chi connectivity index (χ3n) is 3.74. The fourth-order valence-electron chi connectivity index (χ4n) is 2.85. The summed E-state index contributed by atoms with van der Waals surface area (Å²) < 4.78 is 11.3. The Kier molecular flexibility index (Phi) is 6.02. The second kappa shape index (κ2) is 6.89. The zero-order valence-electron chi connectivity index (χ0n) is 15.1. The van der Waals surface area contributed by atoms with Gasteiger partial charge in [-0.15, -0.1) is 0 Å². The lowest BCUT2D eigenvalue weighted by Gasteiger charge is -2.35. The van der Waals surface area contributed by atoms with Gasteiger partial charge in [0.25, 0.3) is 0 Å². The van der Waals surface area contributed by atoms with Crippen LogP contribution in [0.2, 0.25) is 0 Å². The van der Waals surface area contributed by atoms with Crippen molar-refractivity contribution in [3.63, 3.8) is 0 Å². The van der Waals surface area contributed by atoms with Gasteiger partial charge in [-0.2, -0.15) is 11.8 Å². The molecule has 7 heteroatoms. The van der Waals surface area contributed by atoms with Gasteiger partial charge in [0.05, 0.1) is 6.04 Å². The van der Waals surface area contributed by atoms with Crippen LogP contribution in [-0.4, -0.2) is 56.5 Å². The van der Waals surface area contributed by atoms with Gasteiger partial charge in [0, 0.05) is 0 Å². The van der Waals surface area contributed by atoms with E-state index in [1.807, 2.05) is 6.92 Å². The zero-order valence-corrected chi connectivity index (χ0v) is 16.0. The third-order valence-corrected chi connectivity index (χ3v) is 4.68. The lowest BCUT2D eigenvalue weighted by molar-refractivity contribution is -0.171. The maximum absolute atomic E-state index is 12.7. The number of hydrogen-bond acceptors (Lipinski definition) is 5. The highest BCUT2D eigenvalue weighted by Gasteiger charge is 2.61. The number of ether oxygens (including phenoxy) is 2. The fraction of sp³-hybridized carbons (Fsp3) is 0.875. The summed E-state index contributed by atoms with van der Waals surface area (Å²) in [6, 6.07) is -0.580. The molecule has 1 N–H and O–H groups in total. The van der Waals surface area contributed by atoms with Gasteiger partial charge < -0.3 is 14.6 Å². The lowest BCUT2D eigenvalue weighted by Crippen LogP contribution is -2.53. The fourth-order valence-corrected chi connectivity index (χ4v) is 3.52. The van der Waals surface area contributed by atoms with Gasteiger partial charge >= 0.3 is 12.1 Å². The number of thioether (sulfide) groups is 1. The van der Waals surface area contributed by atoms with Gasteiger partial charge in [0.15, 0.2) is 5.60 Å². The molecule has 0 radical (unpaired) electrons. The molecule has 134 valence electrons. The molecule has 1 heterocycles. The van der Waals surface area contributed by atoms with Gasteiger partial charge in [0.1, 0.15) is 11.3 Å². The van der Waals surface area contributed by atoms with Gasteiger partial charge in [-0.05, 0) is 59.5 Å². The first-order chi connectivity index (χ1) is 10.3. The van der Waals surface area contributed by atoms with Crippen LogP contribution in [0.3, 0.4) is 0 Å². The topological polar surface area (TPSA) is 76.1 Å². The molecular weight excluding hydrogens is 318 g/mol. The standard InChI is InChI=1S/C16H29NO5S/c1-8-23-10-9-11-16(7,12(18)19)22-15(5,6)17(11)13(20)21-14(2,3)4/h11H,8-10H2,1-7H3,(H,18,19)/t11-,16?/m1/s1. The average molecular weight is 347 g/mol. The van der Waals surface area contributed by atoms with Gasteiger partial charge in [0.2, 0.25) is 0 Å². The van der Waals surface area contributed by atoms with Crippen molar-refractivity contribution < 1.29 is 24.2 Å². The summed E-state index contributed by atoms with van der Waals surface area (Å²) in [6.45, 7) is 12.3. The first-order valence-electron chi connectivity index (χ1n) is 7.89. The number of carboxylic acid groups (broad SMARTS) is 1. The van der Waals surface area contributed by atoms with Crippen LogP contribution in [0.1, 0.15) is 54.9 Å². The molecule has 0 spiro atoms. The van der Waals surface area contributed by atoms with E-state index in [1.165, 1.54) is 11.8 Å². The van der Waals surface area contributed by atoms with Crippen LogP contribution in [0.25, 0.3) is 0 Å². The number of carboxylic acids is 1. The van der Waals surface area contributed by atoms with E-state index >= 15 is 0 Å². The second-order valence-corrected chi connectivity index (χ2v) is 8.71. The molecule has 1 aliphatic rings. The smallest absolute Gasteiger partial charge is 0.412 e. The molecule has 0 aromatic carbocycles. The molecule has 0 aromatic heterocycles. The molecule has 1 rings (SSSR count). The highest BCUT2D eigenvalue weighted by atomic mass is 32.2. The van der Waals surface area contributed by atoms with E-state index in [4.69, 9.17) is 9.47 Å². The summed E-state index contributed by atoms with van der Waals surface area (Å²) >= 11 is 1.71. The number of nitrogens with zero attached hydrogens (tertiary/aromatic N) is 1. The second-order valence-electron chi connectivity index (χ2n) is 7.31. The summed E-state index contributed by atoms with van der Waals surface area (Å²) in [6.07, 6.45) is -0.0109. The van der Waals surface area contributed by atoms with E-state index in [0.717, 1.165) is 11.5 Å². The first kappa shape index (κ1) is 20.1. The van der Waals surface area contributed by atoms with Crippen LogP contribution >= 0.6 is 11.8 Å². The molecule has 1 fully saturated rings. The molecule has 0 aliphatic carbocycles.